The maximum atomic E-state index is 11.5. The van der Waals surface area contributed by atoms with E-state index >= 15 is 0 Å². The van der Waals surface area contributed by atoms with Crippen LogP contribution >= 0.6 is 0 Å². The zero-order valence-electron chi connectivity index (χ0n) is 11.1. The monoisotopic (exact) mass is 228 g/mol. The number of nitrogens with two attached hydrogens (primary N) is 1. The van der Waals surface area contributed by atoms with Crippen LogP contribution in [0.2, 0.25) is 0 Å². The van der Waals surface area contributed by atoms with Crippen LogP contribution in [0.3, 0.4) is 0 Å². The number of carbonyl (C=O) groups excluding carboxylic acids is 1. The molecule has 3 nitrogen and oxygen atoms in total. The van der Waals surface area contributed by atoms with Gasteiger partial charge in [-0.2, -0.15) is 0 Å². The largest absolute Gasteiger partial charge is 0.354 e. The summed E-state index contributed by atoms with van der Waals surface area (Å²) < 4.78 is 0. The Bertz CT molecular complexity index is 181. The molecule has 0 aromatic rings. The Morgan fingerprint density at radius 1 is 1.19 bits per heavy atom. The van der Waals surface area contributed by atoms with Crippen molar-refractivity contribution in [2.24, 2.45) is 5.73 Å². The Hall–Kier alpha value is -0.570. The highest BCUT2D eigenvalue weighted by Crippen LogP contribution is 2.05. The Morgan fingerprint density at radius 3 is 2.38 bits per heavy atom. The van der Waals surface area contributed by atoms with E-state index in [0.29, 0.717) is 6.42 Å². The van der Waals surface area contributed by atoms with Crippen LogP contribution in [0.25, 0.3) is 0 Å². The molecule has 0 aliphatic carbocycles. The Kier molecular flexibility index (Phi) is 9.30. The zero-order chi connectivity index (χ0) is 12.4. The highest BCUT2D eigenvalue weighted by atomic mass is 16.1. The average molecular weight is 228 g/mol. The van der Waals surface area contributed by atoms with Gasteiger partial charge < -0.3 is 11.1 Å². The minimum absolute atomic E-state index is 0.153. The van der Waals surface area contributed by atoms with Crippen LogP contribution in [0.1, 0.15) is 65.7 Å². The van der Waals surface area contributed by atoms with Crippen LogP contribution in [0.15, 0.2) is 0 Å². The summed E-state index contributed by atoms with van der Waals surface area (Å²) in [5.74, 6) is 0.171. The van der Waals surface area contributed by atoms with Gasteiger partial charge in [-0.1, -0.05) is 32.6 Å². The lowest BCUT2D eigenvalue weighted by Crippen LogP contribution is -2.36. The SMILES string of the molecule is CCCCCCCC(=O)NC(C)CC(C)N. The van der Waals surface area contributed by atoms with E-state index in [1.807, 2.05) is 13.8 Å². The van der Waals surface area contributed by atoms with Crippen molar-refractivity contribution in [3.05, 3.63) is 0 Å². The molecule has 0 aromatic carbocycles. The first kappa shape index (κ1) is 15.4. The van der Waals surface area contributed by atoms with Crippen molar-refractivity contribution in [2.45, 2.75) is 77.8 Å². The summed E-state index contributed by atoms with van der Waals surface area (Å²) in [5.41, 5.74) is 5.67. The summed E-state index contributed by atoms with van der Waals surface area (Å²) in [6, 6.07) is 0.350. The van der Waals surface area contributed by atoms with Crippen molar-refractivity contribution >= 4 is 5.91 Å². The Labute approximate surface area is 100 Å². The maximum Gasteiger partial charge on any atom is 0.220 e. The highest BCUT2D eigenvalue weighted by Gasteiger charge is 2.08. The molecule has 0 bridgehead atoms. The normalized spacial score (nSPS) is 14.5. The molecule has 0 heterocycles. The van der Waals surface area contributed by atoms with Gasteiger partial charge >= 0.3 is 0 Å². The van der Waals surface area contributed by atoms with Crippen LogP contribution in [0, 0.1) is 0 Å². The van der Waals surface area contributed by atoms with E-state index < -0.39 is 0 Å². The van der Waals surface area contributed by atoms with E-state index in [-0.39, 0.29) is 18.0 Å². The third-order valence-electron chi connectivity index (χ3n) is 2.64. The molecular weight excluding hydrogens is 200 g/mol. The number of nitrogens with one attached hydrogen (secondary N) is 1. The van der Waals surface area contributed by atoms with Crippen LogP contribution in [-0.4, -0.2) is 18.0 Å². The molecule has 0 rings (SSSR count). The fourth-order valence-corrected chi connectivity index (χ4v) is 1.85. The molecule has 0 aliphatic heterocycles. The predicted octanol–water partition coefficient (Wildman–Crippen LogP) is 2.59. The van der Waals surface area contributed by atoms with Gasteiger partial charge in [0.15, 0.2) is 0 Å². The molecule has 0 aliphatic rings. The van der Waals surface area contributed by atoms with Gasteiger partial charge in [-0.15, -0.1) is 0 Å². The number of hydrogen-bond acceptors (Lipinski definition) is 2. The molecule has 2 unspecified atom stereocenters. The van der Waals surface area contributed by atoms with Crippen molar-refractivity contribution in [3.63, 3.8) is 0 Å². The van der Waals surface area contributed by atoms with Gasteiger partial charge in [-0.25, -0.2) is 0 Å². The highest BCUT2D eigenvalue weighted by molar-refractivity contribution is 5.76. The van der Waals surface area contributed by atoms with Crippen molar-refractivity contribution in [1.82, 2.24) is 5.32 Å². The lowest BCUT2D eigenvalue weighted by atomic mass is 10.1. The molecule has 0 spiro atoms. The minimum Gasteiger partial charge on any atom is -0.354 e. The second kappa shape index (κ2) is 9.64. The summed E-state index contributed by atoms with van der Waals surface area (Å²) in [6.07, 6.45) is 7.47. The summed E-state index contributed by atoms with van der Waals surface area (Å²) >= 11 is 0. The van der Waals surface area contributed by atoms with E-state index in [0.717, 1.165) is 12.8 Å². The third-order valence-corrected chi connectivity index (χ3v) is 2.64. The van der Waals surface area contributed by atoms with E-state index in [9.17, 15) is 4.79 Å². The predicted molar refractivity (Wildman–Crippen MR) is 69.2 cm³/mol. The lowest BCUT2D eigenvalue weighted by Gasteiger charge is -2.15. The number of hydrogen-bond donors (Lipinski definition) is 2. The van der Waals surface area contributed by atoms with Crippen molar-refractivity contribution < 1.29 is 4.79 Å². The molecule has 3 heteroatoms. The summed E-state index contributed by atoms with van der Waals surface area (Å²) in [4.78, 5) is 11.5. The molecule has 0 aromatic heterocycles. The second-order valence-corrected chi connectivity index (χ2v) is 4.85. The molecule has 0 radical (unpaired) electrons. The van der Waals surface area contributed by atoms with Crippen LogP contribution in [-0.2, 0) is 4.79 Å². The second-order valence-electron chi connectivity index (χ2n) is 4.85. The Morgan fingerprint density at radius 2 is 1.81 bits per heavy atom. The molecular formula is C13H28N2O. The average Bonchev–Trinajstić information content (AvgIpc) is 2.15. The van der Waals surface area contributed by atoms with Gasteiger partial charge in [-0.05, 0) is 26.7 Å². The fraction of sp³-hybridized carbons (Fsp3) is 0.923. The molecule has 3 N–H and O–H groups in total. The Balaban J connectivity index is 3.43. The van der Waals surface area contributed by atoms with Crippen LogP contribution in [0.5, 0.6) is 0 Å². The first-order valence-corrected chi connectivity index (χ1v) is 6.61. The maximum absolute atomic E-state index is 11.5. The minimum atomic E-state index is 0.153. The smallest absolute Gasteiger partial charge is 0.220 e. The van der Waals surface area contributed by atoms with E-state index in [2.05, 4.69) is 12.2 Å². The van der Waals surface area contributed by atoms with Crippen molar-refractivity contribution in [2.75, 3.05) is 0 Å². The van der Waals surface area contributed by atoms with Crippen molar-refractivity contribution in [3.8, 4) is 0 Å². The summed E-state index contributed by atoms with van der Waals surface area (Å²) in [5, 5.41) is 2.98. The standard InChI is InChI=1S/C13H28N2O/c1-4-5-6-7-8-9-13(16)15-12(3)10-11(2)14/h11-12H,4-10,14H2,1-3H3,(H,15,16). The van der Waals surface area contributed by atoms with Gasteiger partial charge in [0, 0.05) is 18.5 Å². The van der Waals surface area contributed by atoms with Crippen LogP contribution in [0.4, 0.5) is 0 Å². The van der Waals surface area contributed by atoms with E-state index in [4.69, 9.17) is 5.73 Å². The fourth-order valence-electron chi connectivity index (χ4n) is 1.85. The van der Waals surface area contributed by atoms with Gasteiger partial charge in [0.2, 0.25) is 5.91 Å². The van der Waals surface area contributed by atoms with Gasteiger partial charge in [0.1, 0.15) is 0 Å². The van der Waals surface area contributed by atoms with Crippen LogP contribution < -0.4 is 11.1 Å². The van der Waals surface area contributed by atoms with Gasteiger partial charge in [-0.3, -0.25) is 4.79 Å². The molecule has 0 fully saturated rings. The van der Waals surface area contributed by atoms with E-state index in [1.165, 1.54) is 25.7 Å². The van der Waals surface area contributed by atoms with Gasteiger partial charge in [0.25, 0.3) is 0 Å². The lowest BCUT2D eigenvalue weighted by molar-refractivity contribution is -0.121. The molecule has 16 heavy (non-hydrogen) atoms. The number of amides is 1. The number of rotatable bonds is 9. The van der Waals surface area contributed by atoms with Crippen molar-refractivity contribution in [1.29, 1.82) is 0 Å². The first-order valence-electron chi connectivity index (χ1n) is 6.61. The third kappa shape index (κ3) is 9.97. The number of carbonyl (C=O) groups is 1. The summed E-state index contributed by atoms with van der Waals surface area (Å²) in [6.45, 7) is 6.17. The molecule has 1 amide bonds. The quantitative estimate of drug-likeness (QED) is 0.596. The van der Waals surface area contributed by atoms with E-state index in [1.54, 1.807) is 0 Å². The summed E-state index contributed by atoms with van der Waals surface area (Å²) in [7, 11) is 0. The topological polar surface area (TPSA) is 55.1 Å². The number of unbranched alkanes of at least 4 members (excludes halogenated alkanes) is 4. The molecule has 96 valence electrons. The van der Waals surface area contributed by atoms with Gasteiger partial charge in [0.05, 0.1) is 0 Å². The molecule has 0 saturated carbocycles. The zero-order valence-corrected chi connectivity index (χ0v) is 11.1. The molecule has 0 saturated heterocycles. The first-order chi connectivity index (χ1) is 7.56. The molecule has 2 atom stereocenters.